The van der Waals surface area contributed by atoms with Crippen LogP contribution in [-0.2, 0) is 54.8 Å². The van der Waals surface area contributed by atoms with Gasteiger partial charge in [0, 0.05) is 0 Å². The van der Waals surface area contributed by atoms with Crippen molar-refractivity contribution in [3.8, 4) is 0 Å². The fourth-order valence-electron chi connectivity index (χ4n) is 6.82. The summed E-state index contributed by atoms with van der Waals surface area (Å²) in [6.07, 6.45) is -1.30. The van der Waals surface area contributed by atoms with Gasteiger partial charge >= 0.3 is 0 Å². The molecule has 3 aliphatic rings. The van der Waals surface area contributed by atoms with Crippen LogP contribution in [0.5, 0.6) is 0 Å². The van der Waals surface area contributed by atoms with Gasteiger partial charge in [-0.05, 0) is 41.5 Å². The maximum Gasteiger partial charge on any atom is 0.287 e. The number of benzene rings is 4. The number of hydrogen-bond donors (Lipinski definition) is 2. The number of rotatable bonds is 14. The van der Waals surface area contributed by atoms with Gasteiger partial charge in [0.25, 0.3) is 6.02 Å². The lowest BCUT2D eigenvalue weighted by molar-refractivity contribution is -0.275. The molecule has 2 aliphatic heterocycles. The van der Waals surface area contributed by atoms with Crippen LogP contribution in [0, 0.1) is 0 Å². The summed E-state index contributed by atoms with van der Waals surface area (Å²) >= 11 is 0. The lowest BCUT2D eigenvalue weighted by atomic mass is 9.91. The van der Waals surface area contributed by atoms with Crippen LogP contribution in [0.25, 0.3) is 0 Å². The summed E-state index contributed by atoms with van der Waals surface area (Å²) < 4.78 is 39.7. The van der Waals surface area contributed by atoms with Crippen LogP contribution >= 0.6 is 0 Å². The van der Waals surface area contributed by atoms with Crippen LogP contribution in [-0.4, -0.2) is 66.6 Å². The minimum Gasteiger partial charge on any atom is -0.460 e. The minimum atomic E-state index is -0.725. The Morgan fingerprint density at radius 2 is 1.12 bits per heavy atom. The number of amidine groups is 1. The quantitative estimate of drug-likeness (QED) is 0.169. The number of hydrogen-bond acceptors (Lipinski definition) is 9. The van der Waals surface area contributed by atoms with E-state index in [1.54, 1.807) is 0 Å². The number of fused-ring (bicyclic) bond motifs is 1. The van der Waals surface area contributed by atoms with E-state index in [1.165, 1.54) is 0 Å². The van der Waals surface area contributed by atoms with Crippen LogP contribution < -0.4 is 5.32 Å². The van der Waals surface area contributed by atoms with Gasteiger partial charge in [-0.25, -0.2) is 4.99 Å². The van der Waals surface area contributed by atoms with E-state index in [0.29, 0.717) is 38.9 Å². The maximum absolute atomic E-state index is 10.7. The summed E-state index contributed by atoms with van der Waals surface area (Å²) in [6, 6.07) is 40.3. The first-order chi connectivity index (χ1) is 24.7. The van der Waals surface area contributed by atoms with Crippen molar-refractivity contribution in [2.45, 2.75) is 94.6 Å². The van der Waals surface area contributed by atoms with E-state index in [2.05, 4.69) is 5.32 Å². The molecule has 4 aromatic rings. The van der Waals surface area contributed by atoms with Crippen molar-refractivity contribution in [3.63, 3.8) is 0 Å². The van der Waals surface area contributed by atoms with Gasteiger partial charge in [0.15, 0.2) is 6.23 Å². The van der Waals surface area contributed by atoms with Gasteiger partial charge in [-0.15, -0.1) is 0 Å². The molecule has 9 heteroatoms. The summed E-state index contributed by atoms with van der Waals surface area (Å²) in [4.78, 5) is 4.77. The third-order valence-corrected chi connectivity index (χ3v) is 9.44. The Kier molecular flexibility index (Phi) is 11.8. The number of aliphatic hydroxyl groups excluding tert-OH is 1. The first-order valence-corrected chi connectivity index (χ1v) is 17.6. The number of aliphatic hydroxyl groups is 1. The van der Waals surface area contributed by atoms with Crippen LogP contribution in [0.4, 0.5) is 0 Å². The Morgan fingerprint density at radius 1 is 0.620 bits per heavy atom. The van der Waals surface area contributed by atoms with E-state index in [4.69, 9.17) is 33.4 Å². The van der Waals surface area contributed by atoms with E-state index in [9.17, 15) is 5.11 Å². The Hall–Kier alpha value is -4.09. The van der Waals surface area contributed by atoms with Crippen molar-refractivity contribution in [1.82, 2.24) is 5.32 Å². The molecule has 2 N–H and O–H groups in total. The Balaban J connectivity index is 1.19. The molecule has 0 unspecified atom stereocenters. The molecule has 8 atom stereocenters. The highest BCUT2D eigenvalue weighted by molar-refractivity contribution is 5.76. The molecular formula is C41H46N2O7. The molecule has 262 valence electrons. The van der Waals surface area contributed by atoms with E-state index in [1.807, 2.05) is 121 Å². The first kappa shape index (κ1) is 34.4. The minimum absolute atomic E-state index is 0.175. The lowest BCUT2D eigenvalue weighted by Gasteiger charge is -2.46. The van der Waals surface area contributed by atoms with Crippen molar-refractivity contribution in [1.29, 1.82) is 0 Å². The predicted molar refractivity (Wildman–Crippen MR) is 189 cm³/mol. The summed E-state index contributed by atoms with van der Waals surface area (Å²) in [5, 5.41) is 14.1. The van der Waals surface area contributed by atoms with Gasteiger partial charge in [-0.1, -0.05) is 121 Å². The lowest BCUT2D eigenvalue weighted by Crippen LogP contribution is -2.65. The molecule has 7 rings (SSSR count). The van der Waals surface area contributed by atoms with E-state index < -0.39 is 36.7 Å². The van der Waals surface area contributed by atoms with Gasteiger partial charge in [0.1, 0.15) is 36.6 Å². The van der Waals surface area contributed by atoms with E-state index in [0.717, 1.165) is 35.1 Å². The molecule has 1 aliphatic carbocycles. The van der Waals surface area contributed by atoms with Crippen molar-refractivity contribution >= 4 is 6.02 Å². The van der Waals surface area contributed by atoms with Crippen LogP contribution in [0.1, 0.15) is 41.5 Å². The van der Waals surface area contributed by atoms with Crippen molar-refractivity contribution in [2.75, 3.05) is 6.61 Å². The third kappa shape index (κ3) is 8.98. The summed E-state index contributed by atoms with van der Waals surface area (Å²) in [6.45, 7) is 1.71. The number of aliphatic imine (C=N–C) groups is 1. The second-order valence-electron chi connectivity index (χ2n) is 13.1. The van der Waals surface area contributed by atoms with Crippen LogP contribution in [0.2, 0.25) is 0 Å². The molecule has 9 nitrogen and oxygen atoms in total. The average molecular weight is 679 g/mol. The largest absolute Gasteiger partial charge is 0.460 e. The van der Waals surface area contributed by atoms with Crippen LogP contribution in [0.3, 0.4) is 0 Å². The fraction of sp³-hybridized carbons (Fsp3) is 0.390. The number of nitrogens with zero attached hydrogens (tertiary/aromatic N) is 1. The molecule has 0 bridgehead atoms. The van der Waals surface area contributed by atoms with Crippen molar-refractivity contribution < 1.29 is 33.5 Å². The highest BCUT2D eigenvalue weighted by Gasteiger charge is 2.50. The monoisotopic (exact) mass is 678 g/mol. The molecule has 0 aromatic heterocycles. The zero-order valence-corrected chi connectivity index (χ0v) is 28.2. The smallest absolute Gasteiger partial charge is 0.287 e. The molecular weight excluding hydrogens is 632 g/mol. The predicted octanol–water partition coefficient (Wildman–Crippen LogP) is 5.94. The maximum atomic E-state index is 10.7. The molecule has 1 saturated heterocycles. The third-order valence-electron chi connectivity index (χ3n) is 9.44. The zero-order chi connectivity index (χ0) is 34.0. The molecule has 0 amide bonds. The second-order valence-corrected chi connectivity index (χ2v) is 13.1. The van der Waals surface area contributed by atoms with E-state index in [-0.39, 0.29) is 18.8 Å². The van der Waals surface area contributed by atoms with Gasteiger partial charge in [0.05, 0.1) is 39.1 Å². The zero-order valence-electron chi connectivity index (χ0n) is 28.2. The summed E-state index contributed by atoms with van der Waals surface area (Å²) in [5.74, 6) is 0. The van der Waals surface area contributed by atoms with Gasteiger partial charge in [-0.3, -0.25) is 0 Å². The highest BCUT2D eigenvalue weighted by atomic mass is 16.6. The fourth-order valence-corrected chi connectivity index (χ4v) is 6.82. The molecule has 0 radical (unpaired) electrons. The van der Waals surface area contributed by atoms with E-state index >= 15 is 0 Å². The second kappa shape index (κ2) is 17.2. The summed E-state index contributed by atoms with van der Waals surface area (Å²) in [7, 11) is 0. The molecule has 50 heavy (non-hydrogen) atoms. The molecule has 2 fully saturated rings. The number of ether oxygens (including phenoxy) is 6. The topological polar surface area (TPSA) is 100 Å². The van der Waals surface area contributed by atoms with Crippen molar-refractivity contribution in [2.24, 2.45) is 4.99 Å². The van der Waals surface area contributed by atoms with Crippen LogP contribution in [0.15, 0.2) is 126 Å². The highest BCUT2D eigenvalue weighted by Crippen LogP contribution is 2.32. The first-order valence-electron chi connectivity index (χ1n) is 17.6. The van der Waals surface area contributed by atoms with Gasteiger partial charge in [0.2, 0.25) is 0 Å². The average Bonchev–Trinajstić information content (AvgIpc) is 3.58. The standard InChI is InChI=1S/C41H46N2O7/c44-33-22-13-23-34-36(33)42-41(50-34)43-40-39(48-27-32-20-11-4-12-21-32)38(47-26-31-18-9-3-10-19-31)37(46-25-30-16-7-2-8-17-30)35(49-40)28-45-24-29-14-5-1-6-15-29/h1-12,14-21,33-40,44H,13,22-28H2,(H,42,43)/t33-,34+,35+,36-,37+,38-,39+,40-/m0/s1. The Morgan fingerprint density at radius 3 is 1.66 bits per heavy atom. The molecule has 2 heterocycles. The SMILES string of the molecule is O[C@H]1CCC[C@H]2OC(N[C@H]3O[C@H](COCc4ccccc4)[C@@H](OCc4ccccc4)[C@H](OCc4ccccc4)[C@H]3OCc3ccccc3)=N[C@@H]12. The van der Waals surface area contributed by atoms with Gasteiger partial charge in [-0.2, -0.15) is 0 Å². The molecule has 0 spiro atoms. The normalized spacial score (nSPS) is 27.6. The Bertz CT molecular complexity index is 1610. The van der Waals surface area contributed by atoms with Gasteiger partial charge < -0.3 is 38.8 Å². The Labute approximate surface area is 294 Å². The number of nitrogens with one attached hydrogen (secondary N) is 1. The molecule has 4 aromatic carbocycles. The summed E-state index contributed by atoms with van der Waals surface area (Å²) in [5.41, 5.74) is 4.16. The van der Waals surface area contributed by atoms with Crippen molar-refractivity contribution in [3.05, 3.63) is 144 Å². The molecule has 1 saturated carbocycles.